The number of unbranched alkanes of at least 4 members (excludes halogenated alkanes) is 32. The van der Waals surface area contributed by atoms with Crippen molar-refractivity contribution < 1.29 is 28.6 Å². The Kier molecular flexibility index (Phi) is 45.7. The highest BCUT2D eigenvalue weighted by Gasteiger charge is 2.19. The number of ether oxygens (including phenoxy) is 3. The first kappa shape index (κ1) is 58.4. The van der Waals surface area contributed by atoms with Crippen LogP contribution in [0.2, 0.25) is 0 Å². The van der Waals surface area contributed by atoms with Gasteiger partial charge in [-0.2, -0.15) is 0 Å². The lowest BCUT2D eigenvalue weighted by molar-refractivity contribution is -0.167. The van der Waals surface area contributed by atoms with Gasteiger partial charge in [0.15, 0.2) is 6.10 Å². The molecule has 0 aromatic rings. The molecule has 1 unspecified atom stereocenters. The molecular weight excluding hydrogens is 745 g/mol. The molecule has 60 heavy (non-hydrogen) atoms. The Labute approximate surface area is 374 Å². The van der Waals surface area contributed by atoms with Gasteiger partial charge in [0.1, 0.15) is 13.2 Å². The van der Waals surface area contributed by atoms with E-state index in [2.05, 4.69) is 34.6 Å². The first-order valence-corrected chi connectivity index (χ1v) is 26.8. The summed E-state index contributed by atoms with van der Waals surface area (Å²) in [7, 11) is 0. The summed E-state index contributed by atoms with van der Waals surface area (Å²) in [6.45, 7) is 11.4. The van der Waals surface area contributed by atoms with Crippen LogP contribution in [0.4, 0.5) is 0 Å². The predicted molar refractivity (Wildman–Crippen MR) is 256 cm³/mol. The van der Waals surface area contributed by atoms with Crippen molar-refractivity contribution in [1.29, 1.82) is 0 Å². The summed E-state index contributed by atoms with van der Waals surface area (Å²) in [6, 6.07) is 0. The van der Waals surface area contributed by atoms with Crippen LogP contribution in [0.25, 0.3) is 0 Å². The van der Waals surface area contributed by atoms with E-state index < -0.39 is 6.10 Å². The molecule has 0 aliphatic heterocycles. The van der Waals surface area contributed by atoms with Gasteiger partial charge in [0.2, 0.25) is 0 Å². The highest BCUT2D eigenvalue weighted by atomic mass is 16.6. The van der Waals surface area contributed by atoms with Gasteiger partial charge >= 0.3 is 17.9 Å². The molecule has 0 aromatic heterocycles. The van der Waals surface area contributed by atoms with Gasteiger partial charge in [0.25, 0.3) is 0 Å². The number of rotatable bonds is 48. The van der Waals surface area contributed by atoms with Gasteiger partial charge in [-0.15, -0.1) is 0 Å². The van der Waals surface area contributed by atoms with Crippen molar-refractivity contribution in [2.75, 3.05) is 13.2 Å². The van der Waals surface area contributed by atoms with Crippen LogP contribution in [0, 0.1) is 11.8 Å². The molecule has 0 heterocycles. The Morgan fingerprint density at radius 1 is 0.350 bits per heavy atom. The quantitative estimate of drug-likeness (QED) is 0.0345. The molecule has 0 aliphatic rings. The minimum Gasteiger partial charge on any atom is -0.462 e. The third-order valence-electron chi connectivity index (χ3n) is 12.6. The zero-order valence-corrected chi connectivity index (χ0v) is 41.1. The van der Waals surface area contributed by atoms with Crippen LogP contribution < -0.4 is 0 Å². The van der Waals surface area contributed by atoms with Crippen molar-refractivity contribution in [3.05, 3.63) is 0 Å². The molecule has 0 aliphatic carbocycles. The summed E-state index contributed by atoms with van der Waals surface area (Å²) in [5, 5.41) is 0. The van der Waals surface area contributed by atoms with Crippen molar-refractivity contribution in [2.24, 2.45) is 11.8 Å². The van der Waals surface area contributed by atoms with Crippen LogP contribution in [-0.2, 0) is 28.6 Å². The average molecular weight is 849 g/mol. The Bertz CT molecular complexity index is 918. The van der Waals surface area contributed by atoms with E-state index in [4.69, 9.17) is 14.2 Å². The highest BCUT2D eigenvalue weighted by Crippen LogP contribution is 2.18. The second-order valence-electron chi connectivity index (χ2n) is 19.2. The van der Waals surface area contributed by atoms with Gasteiger partial charge in [0, 0.05) is 19.3 Å². The Morgan fingerprint density at radius 2 is 0.633 bits per heavy atom. The Balaban J connectivity index is 4.32. The van der Waals surface area contributed by atoms with E-state index in [0.29, 0.717) is 19.3 Å². The first-order valence-electron chi connectivity index (χ1n) is 26.8. The molecule has 0 aromatic carbocycles. The maximum atomic E-state index is 12.8. The Hall–Kier alpha value is -1.59. The molecule has 6 nitrogen and oxygen atoms in total. The largest absolute Gasteiger partial charge is 0.462 e. The second kappa shape index (κ2) is 46.9. The highest BCUT2D eigenvalue weighted by molar-refractivity contribution is 5.71. The van der Waals surface area contributed by atoms with Crippen molar-refractivity contribution in [3.8, 4) is 0 Å². The van der Waals surface area contributed by atoms with Crippen LogP contribution in [-0.4, -0.2) is 37.2 Å². The van der Waals surface area contributed by atoms with Crippen molar-refractivity contribution >= 4 is 17.9 Å². The van der Waals surface area contributed by atoms with E-state index >= 15 is 0 Å². The van der Waals surface area contributed by atoms with Crippen LogP contribution in [0.1, 0.15) is 298 Å². The molecule has 0 rings (SSSR count). The maximum absolute atomic E-state index is 12.8. The molecule has 0 saturated carbocycles. The summed E-state index contributed by atoms with van der Waals surface area (Å²) in [6.07, 6.45) is 47.9. The van der Waals surface area contributed by atoms with E-state index in [1.165, 1.54) is 186 Å². The first-order chi connectivity index (χ1) is 29.3. The van der Waals surface area contributed by atoms with Crippen molar-refractivity contribution in [3.63, 3.8) is 0 Å². The molecule has 0 saturated heterocycles. The van der Waals surface area contributed by atoms with Crippen molar-refractivity contribution in [2.45, 2.75) is 304 Å². The lowest BCUT2D eigenvalue weighted by Crippen LogP contribution is -2.30. The van der Waals surface area contributed by atoms with E-state index in [0.717, 1.165) is 69.6 Å². The van der Waals surface area contributed by atoms with Gasteiger partial charge in [-0.1, -0.05) is 259 Å². The fraction of sp³-hybridized carbons (Fsp3) is 0.944. The number of hydrogen-bond donors (Lipinski definition) is 0. The summed E-state index contributed by atoms with van der Waals surface area (Å²) in [4.78, 5) is 38.0. The smallest absolute Gasteiger partial charge is 0.306 e. The third kappa shape index (κ3) is 45.9. The molecular formula is C54H104O6. The molecule has 0 fully saturated rings. The van der Waals surface area contributed by atoms with E-state index in [1.807, 2.05) is 0 Å². The average Bonchev–Trinajstić information content (AvgIpc) is 3.23. The molecule has 356 valence electrons. The maximum Gasteiger partial charge on any atom is 0.306 e. The molecule has 0 N–H and O–H groups in total. The van der Waals surface area contributed by atoms with E-state index in [-0.39, 0.29) is 31.1 Å². The minimum absolute atomic E-state index is 0.0634. The van der Waals surface area contributed by atoms with Crippen molar-refractivity contribution in [1.82, 2.24) is 0 Å². The SMILES string of the molecule is CCCCCCCCCCCCCCC(=O)OC[C@@H](COC(=O)CCCCCCCCCCCCC(C)CC)OC(=O)CCCCCCCCCCCCCCCC(C)C. The summed E-state index contributed by atoms with van der Waals surface area (Å²) < 4.78 is 16.8. The van der Waals surface area contributed by atoms with Gasteiger partial charge in [-0.25, -0.2) is 0 Å². The van der Waals surface area contributed by atoms with Gasteiger partial charge in [-0.3, -0.25) is 14.4 Å². The predicted octanol–water partition coefficient (Wildman–Crippen LogP) is 17.3. The van der Waals surface area contributed by atoms with Crippen LogP contribution >= 0.6 is 0 Å². The molecule has 0 spiro atoms. The molecule has 6 heteroatoms. The number of esters is 3. The van der Waals surface area contributed by atoms with Crippen LogP contribution in [0.5, 0.6) is 0 Å². The summed E-state index contributed by atoms with van der Waals surface area (Å²) in [5.74, 6) is 0.862. The fourth-order valence-corrected chi connectivity index (χ4v) is 8.13. The van der Waals surface area contributed by atoms with Gasteiger partial charge in [-0.05, 0) is 31.1 Å². The monoisotopic (exact) mass is 849 g/mol. The summed E-state index contributed by atoms with van der Waals surface area (Å²) in [5.41, 5.74) is 0. The van der Waals surface area contributed by atoms with Crippen LogP contribution in [0.15, 0.2) is 0 Å². The standard InChI is InChI=1S/C54H104O6/c1-6-8-9-10-11-12-13-18-24-29-34-39-44-52(55)58-47-51(48-59-53(56)45-40-35-30-25-21-20-23-28-33-38-43-50(5)7-2)60-54(57)46-41-36-31-26-19-16-14-15-17-22-27-32-37-42-49(3)4/h49-51H,6-48H2,1-5H3/t50?,51-/m0/s1. The topological polar surface area (TPSA) is 78.9 Å². The molecule has 0 radical (unpaired) electrons. The summed E-state index contributed by atoms with van der Waals surface area (Å²) >= 11 is 0. The number of carbonyl (C=O) groups is 3. The van der Waals surface area contributed by atoms with Gasteiger partial charge in [0.05, 0.1) is 0 Å². The molecule has 2 atom stereocenters. The van der Waals surface area contributed by atoms with E-state index in [1.54, 1.807) is 0 Å². The fourth-order valence-electron chi connectivity index (χ4n) is 8.13. The zero-order chi connectivity index (χ0) is 44.0. The third-order valence-corrected chi connectivity index (χ3v) is 12.6. The number of hydrogen-bond acceptors (Lipinski definition) is 6. The Morgan fingerprint density at radius 3 is 0.950 bits per heavy atom. The number of carbonyl (C=O) groups excluding carboxylic acids is 3. The minimum atomic E-state index is -0.762. The normalized spacial score (nSPS) is 12.5. The van der Waals surface area contributed by atoms with Gasteiger partial charge < -0.3 is 14.2 Å². The zero-order valence-electron chi connectivity index (χ0n) is 41.1. The van der Waals surface area contributed by atoms with Crippen LogP contribution in [0.3, 0.4) is 0 Å². The van der Waals surface area contributed by atoms with E-state index in [9.17, 15) is 14.4 Å². The lowest BCUT2D eigenvalue weighted by Gasteiger charge is -2.18. The lowest BCUT2D eigenvalue weighted by atomic mass is 9.99. The molecule has 0 amide bonds. The molecule has 0 bridgehead atoms. The second-order valence-corrected chi connectivity index (χ2v) is 19.2.